The van der Waals surface area contributed by atoms with Crippen LogP contribution in [-0.4, -0.2) is 18.1 Å². The lowest BCUT2D eigenvalue weighted by atomic mass is 10.1. The van der Waals surface area contributed by atoms with Crippen LogP contribution in [0.5, 0.6) is 0 Å². The lowest BCUT2D eigenvalue weighted by Crippen LogP contribution is -2.32. The molecule has 0 aliphatic rings. The number of para-hydroxylation sites is 1. The van der Waals surface area contributed by atoms with E-state index in [0.29, 0.717) is 10.3 Å². The largest absolute Gasteiger partial charge is 0.372 e. The first-order valence-electron chi connectivity index (χ1n) is 11.1. The number of hydrogen-bond acceptors (Lipinski definition) is 5. The topological polar surface area (TPSA) is 44.7 Å². The van der Waals surface area contributed by atoms with E-state index in [4.69, 9.17) is 11.6 Å². The van der Waals surface area contributed by atoms with Gasteiger partial charge in [-0.15, -0.1) is 10.2 Å². The van der Waals surface area contributed by atoms with Gasteiger partial charge in [-0.05, 0) is 62.7 Å². The zero-order chi connectivity index (χ0) is 23.2. The van der Waals surface area contributed by atoms with Crippen molar-refractivity contribution in [2.75, 3.05) is 18.0 Å². The van der Waals surface area contributed by atoms with Crippen molar-refractivity contribution in [3.05, 3.63) is 76.4 Å². The van der Waals surface area contributed by atoms with Gasteiger partial charge in [-0.1, -0.05) is 41.1 Å². The van der Waals surface area contributed by atoms with Crippen LogP contribution in [0.4, 0.5) is 16.5 Å². The molecule has 0 saturated carbocycles. The molecule has 2 aromatic heterocycles. The number of hydrogen-bond donors (Lipinski definition) is 0. The molecule has 0 N–H and O–H groups in total. The molecule has 0 aliphatic carbocycles. The van der Waals surface area contributed by atoms with Crippen molar-refractivity contribution < 1.29 is 4.57 Å². The summed E-state index contributed by atoms with van der Waals surface area (Å²) in [4.78, 5) is 7.51. The quantitative estimate of drug-likeness (QED) is 0.193. The standard InChI is InChI=1S/C26H27ClN5S/c1-4-31(5-2)21-14-12-20(13-15-21)29-30-26-28-25(27)24(33-26)16-11-19-17-18-32(6-3)23-10-8-7-9-22(19)23/h7-18H,4-6H2,1-3H3/q+1. The first-order chi connectivity index (χ1) is 16.1. The van der Waals surface area contributed by atoms with Crippen LogP contribution in [-0.2, 0) is 6.54 Å². The fourth-order valence-corrected chi connectivity index (χ4v) is 4.75. The summed E-state index contributed by atoms with van der Waals surface area (Å²) in [5.74, 6) is 0. The summed E-state index contributed by atoms with van der Waals surface area (Å²) < 4.78 is 2.24. The summed E-state index contributed by atoms with van der Waals surface area (Å²) in [5.41, 5.74) is 4.31. The number of aromatic nitrogens is 2. The van der Waals surface area contributed by atoms with Crippen LogP contribution >= 0.6 is 22.9 Å². The fraction of sp³-hybridized carbons (Fsp3) is 0.231. The van der Waals surface area contributed by atoms with Crippen molar-refractivity contribution in [2.24, 2.45) is 10.2 Å². The number of pyridine rings is 1. The Kier molecular flexibility index (Phi) is 7.47. The predicted octanol–water partition coefficient (Wildman–Crippen LogP) is 7.69. The van der Waals surface area contributed by atoms with Crippen LogP contribution in [0.15, 0.2) is 71.0 Å². The highest BCUT2D eigenvalue weighted by Gasteiger charge is 2.10. The minimum absolute atomic E-state index is 0.436. The summed E-state index contributed by atoms with van der Waals surface area (Å²) in [5, 5.41) is 10.8. The lowest BCUT2D eigenvalue weighted by Gasteiger charge is -2.20. The van der Waals surface area contributed by atoms with Gasteiger partial charge in [0.15, 0.2) is 6.20 Å². The van der Waals surface area contributed by atoms with Gasteiger partial charge in [0.05, 0.1) is 16.0 Å². The van der Waals surface area contributed by atoms with E-state index in [-0.39, 0.29) is 0 Å². The van der Waals surface area contributed by atoms with E-state index >= 15 is 0 Å². The highest BCUT2D eigenvalue weighted by molar-refractivity contribution is 7.16. The molecule has 7 heteroatoms. The molecule has 0 atom stereocenters. The van der Waals surface area contributed by atoms with E-state index in [1.54, 1.807) is 0 Å². The third-order valence-electron chi connectivity index (χ3n) is 5.54. The average Bonchev–Trinajstić information content (AvgIpc) is 3.22. The second-order valence-electron chi connectivity index (χ2n) is 7.45. The summed E-state index contributed by atoms with van der Waals surface area (Å²) in [6.07, 6.45) is 6.19. The third-order valence-corrected chi connectivity index (χ3v) is 6.85. The Balaban J connectivity index is 1.52. The zero-order valence-electron chi connectivity index (χ0n) is 19.1. The molecule has 0 saturated heterocycles. The van der Waals surface area contributed by atoms with E-state index in [2.05, 4.69) is 100 Å². The first-order valence-corrected chi connectivity index (χ1v) is 12.3. The van der Waals surface area contributed by atoms with Crippen LogP contribution in [0.25, 0.3) is 23.1 Å². The number of benzene rings is 2. The van der Waals surface area contributed by atoms with E-state index in [1.807, 2.05) is 18.2 Å². The number of nitrogens with zero attached hydrogens (tertiary/aromatic N) is 5. The van der Waals surface area contributed by atoms with Crippen LogP contribution in [0.2, 0.25) is 5.15 Å². The van der Waals surface area contributed by atoms with Crippen molar-refractivity contribution in [1.29, 1.82) is 0 Å². The van der Waals surface area contributed by atoms with Gasteiger partial charge in [0.2, 0.25) is 10.6 Å². The number of aryl methyl sites for hydroxylation is 1. The van der Waals surface area contributed by atoms with E-state index in [9.17, 15) is 0 Å². The minimum atomic E-state index is 0.436. The third kappa shape index (κ3) is 5.29. The predicted molar refractivity (Wildman–Crippen MR) is 140 cm³/mol. The highest BCUT2D eigenvalue weighted by Crippen LogP contribution is 2.32. The van der Waals surface area contributed by atoms with Gasteiger partial charge in [-0.2, -0.15) is 4.57 Å². The Morgan fingerprint density at radius 1 is 0.970 bits per heavy atom. The Hall–Kier alpha value is -3.09. The molecule has 0 aliphatic heterocycles. The molecule has 2 heterocycles. The summed E-state index contributed by atoms with van der Waals surface area (Å²) >= 11 is 7.81. The molecular formula is C26H27ClN5S+. The minimum Gasteiger partial charge on any atom is -0.372 e. The van der Waals surface area contributed by atoms with Gasteiger partial charge in [0.25, 0.3) is 0 Å². The molecule has 4 aromatic rings. The van der Waals surface area contributed by atoms with Gasteiger partial charge in [0, 0.05) is 30.9 Å². The van der Waals surface area contributed by atoms with Crippen LogP contribution in [0.1, 0.15) is 31.2 Å². The maximum Gasteiger partial charge on any atom is 0.231 e. The van der Waals surface area contributed by atoms with Gasteiger partial charge in [-0.25, -0.2) is 4.98 Å². The van der Waals surface area contributed by atoms with Crippen molar-refractivity contribution in [1.82, 2.24) is 4.98 Å². The van der Waals surface area contributed by atoms with Crippen LogP contribution in [0, 0.1) is 0 Å². The van der Waals surface area contributed by atoms with E-state index in [1.165, 1.54) is 27.9 Å². The molecule has 168 valence electrons. The molecule has 2 aromatic carbocycles. The van der Waals surface area contributed by atoms with Crippen molar-refractivity contribution in [3.8, 4) is 0 Å². The number of fused-ring (bicyclic) bond motifs is 1. The maximum atomic E-state index is 6.38. The van der Waals surface area contributed by atoms with Crippen molar-refractivity contribution >= 4 is 62.5 Å². The summed E-state index contributed by atoms with van der Waals surface area (Å²) in [6, 6.07) is 18.6. The Bertz CT molecular complexity index is 1290. The smallest absolute Gasteiger partial charge is 0.231 e. The zero-order valence-corrected chi connectivity index (χ0v) is 20.6. The number of rotatable bonds is 8. The Labute approximate surface area is 203 Å². The van der Waals surface area contributed by atoms with Crippen LogP contribution < -0.4 is 9.47 Å². The second kappa shape index (κ2) is 10.7. The number of azo groups is 1. The number of thiazole rings is 1. The number of anilines is 1. The molecule has 0 radical (unpaired) electrons. The average molecular weight is 477 g/mol. The van der Waals surface area contributed by atoms with E-state index < -0.39 is 0 Å². The Morgan fingerprint density at radius 3 is 2.45 bits per heavy atom. The maximum absolute atomic E-state index is 6.38. The molecule has 0 amide bonds. The normalized spacial score (nSPS) is 11.8. The molecule has 33 heavy (non-hydrogen) atoms. The van der Waals surface area contributed by atoms with Gasteiger partial charge in [-0.3, -0.25) is 0 Å². The molecule has 5 nitrogen and oxygen atoms in total. The highest BCUT2D eigenvalue weighted by atomic mass is 35.5. The molecule has 0 unspecified atom stereocenters. The molecule has 4 rings (SSSR count). The van der Waals surface area contributed by atoms with Gasteiger partial charge < -0.3 is 4.90 Å². The first kappa shape index (κ1) is 23.1. The number of halogens is 1. The molecular weight excluding hydrogens is 450 g/mol. The van der Waals surface area contributed by atoms with Crippen molar-refractivity contribution in [3.63, 3.8) is 0 Å². The lowest BCUT2D eigenvalue weighted by molar-refractivity contribution is -0.667. The fourth-order valence-electron chi connectivity index (χ4n) is 3.76. The SMILES string of the molecule is CCN(CC)c1ccc(N=Nc2nc(Cl)c(/C=C/c3cc[n+](CC)c4ccccc34)s2)cc1. The van der Waals surface area contributed by atoms with E-state index in [0.717, 1.165) is 35.8 Å². The Morgan fingerprint density at radius 2 is 1.73 bits per heavy atom. The van der Waals surface area contributed by atoms with Gasteiger partial charge in [0.1, 0.15) is 11.7 Å². The second-order valence-corrected chi connectivity index (χ2v) is 8.81. The monoisotopic (exact) mass is 476 g/mol. The molecule has 0 fully saturated rings. The summed E-state index contributed by atoms with van der Waals surface area (Å²) in [7, 11) is 0. The van der Waals surface area contributed by atoms with Crippen LogP contribution in [0.3, 0.4) is 0 Å². The molecule has 0 spiro atoms. The van der Waals surface area contributed by atoms with Crippen molar-refractivity contribution in [2.45, 2.75) is 27.3 Å². The van der Waals surface area contributed by atoms with Gasteiger partial charge >= 0.3 is 0 Å². The molecule has 0 bridgehead atoms. The summed E-state index contributed by atoms with van der Waals surface area (Å²) in [6.45, 7) is 9.33.